The van der Waals surface area contributed by atoms with Gasteiger partial charge < -0.3 is 17.0 Å². The zero-order chi connectivity index (χ0) is 7.07. The Morgan fingerprint density at radius 2 is 0.833 bits per heavy atom. The van der Waals surface area contributed by atoms with Crippen molar-refractivity contribution in [1.29, 1.82) is 0 Å². The van der Waals surface area contributed by atoms with Crippen molar-refractivity contribution in [3.63, 3.8) is 0 Å². The van der Waals surface area contributed by atoms with Gasteiger partial charge in [-0.2, -0.15) is 36.4 Å². The number of rotatable bonds is 0. The Bertz CT molecular complexity index is 149. The van der Waals surface area contributed by atoms with Crippen LogP contribution in [0.3, 0.4) is 0 Å². The smallest absolute Gasteiger partial charge is 1.00 e. The van der Waals surface area contributed by atoms with Crippen LogP contribution in [0.1, 0.15) is 0 Å². The van der Waals surface area contributed by atoms with E-state index in [0.717, 1.165) is 0 Å². The second-order valence-electron chi connectivity index (χ2n) is 1.92. The maximum Gasteiger partial charge on any atom is 3.00 e. The summed E-state index contributed by atoms with van der Waals surface area (Å²) in [5.74, 6) is 0. The van der Waals surface area contributed by atoms with Crippen LogP contribution in [0.25, 0.3) is 0 Å². The molecular weight excluding hydrogens is 252 g/mol. The molecule has 0 aromatic heterocycles. The molecule has 2 aromatic rings. The first-order valence-corrected chi connectivity index (χ1v) is 3.33. The summed E-state index contributed by atoms with van der Waals surface area (Å²) < 4.78 is 0. The molecule has 0 aliphatic rings. The minimum Gasteiger partial charge on any atom is -1.00 e. The predicted octanol–water partition coefficient (Wildman–Crippen LogP) is -0.187. The molecule has 0 nitrogen and oxygen atoms in total. The fraction of sp³-hybridized carbons (Fsp3) is 0. The minimum atomic E-state index is 0. The molecule has 0 unspecified atom stereocenters. The van der Waals surface area contributed by atoms with Crippen LogP contribution < -0.4 is 17.0 Å². The number of hydrogen-bond acceptors (Lipinski definition) is 0. The first kappa shape index (κ1) is 14.2. The summed E-state index contributed by atoms with van der Waals surface area (Å²) in [6.07, 6.45) is 0. The van der Waals surface area contributed by atoms with Gasteiger partial charge in [-0.3, -0.25) is 0 Å². The van der Waals surface area contributed by atoms with E-state index in [4.69, 9.17) is 0 Å². The zero-order valence-corrected chi connectivity index (χ0v) is 9.42. The topological polar surface area (TPSA) is 0 Å². The van der Waals surface area contributed by atoms with E-state index in [1.807, 2.05) is 60.7 Å². The van der Waals surface area contributed by atoms with Crippen LogP contribution in [-0.4, -0.2) is 0 Å². The fourth-order valence-corrected chi connectivity index (χ4v) is 0.642. The zero-order valence-electron chi connectivity index (χ0n) is 6.56. The van der Waals surface area contributed by atoms with Crippen LogP contribution in [0.2, 0.25) is 0 Å². The molecule has 2 heteroatoms. The standard InChI is InChI=1S/2C5H5.BrH.Cr/c2*1-2-4-5-3-1;;/h2*1-5H;1H;/q2*-1;;+3/p-1. The molecule has 0 aliphatic carbocycles. The van der Waals surface area contributed by atoms with E-state index in [1.165, 1.54) is 0 Å². The molecule has 0 N–H and O–H groups in total. The summed E-state index contributed by atoms with van der Waals surface area (Å²) in [4.78, 5) is 0. The number of hydrogen-bond donors (Lipinski definition) is 0. The summed E-state index contributed by atoms with van der Waals surface area (Å²) in [6, 6.07) is 20.0. The molecule has 0 saturated carbocycles. The van der Waals surface area contributed by atoms with Gasteiger partial charge >= 0.3 is 17.4 Å². The van der Waals surface area contributed by atoms with Crippen molar-refractivity contribution in [3.8, 4) is 0 Å². The fourth-order valence-electron chi connectivity index (χ4n) is 0.642. The van der Waals surface area contributed by atoms with Crippen LogP contribution in [0.15, 0.2) is 60.7 Å². The molecule has 0 atom stereocenters. The molecule has 0 amide bonds. The van der Waals surface area contributed by atoms with Crippen molar-refractivity contribution >= 4 is 0 Å². The maximum atomic E-state index is 2.00. The van der Waals surface area contributed by atoms with Crippen molar-refractivity contribution in [1.82, 2.24) is 0 Å². The van der Waals surface area contributed by atoms with Crippen LogP contribution in [0.5, 0.6) is 0 Å². The third-order valence-electron chi connectivity index (χ3n) is 1.11. The quantitative estimate of drug-likeness (QED) is 0.577. The van der Waals surface area contributed by atoms with Crippen molar-refractivity contribution in [2.75, 3.05) is 0 Å². The van der Waals surface area contributed by atoms with E-state index >= 15 is 0 Å². The molecule has 63 valence electrons. The van der Waals surface area contributed by atoms with Gasteiger partial charge in [-0.15, -0.1) is 0 Å². The Kier molecular flexibility index (Phi) is 12.7. The monoisotopic (exact) mass is 261 g/mol. The van der Waals surface area contributed by atoms with Gasteiger partial charge in [0.25, 0.3) is 0 Å². The van der Waals surface area contributed by atoms with Crippen molar-refractivity contribution in [2.24, 2.45) is 0 Å². The van der Waals surface area contributed by atoms with Crippen molar-refractivity contribution in [3.05, 3.63) is 60.7 Å². The molecule has 0 aliphatic heterocycles. The Balaban J connectivity index is 0. The van der Waals surface area contributed by atoms with E-state index in [2.05, 4.69) is 0 Å². The van der Waals surface area contributed by atoms with E-state index in [1.54, 1.807) is 0 Å². The van der Waals surface area contributed by atoms with Gasteiger partial charge in [-0.25, -0.2) is 24.3 Å². The molecular formula is C10H10BrCr. The van der Waals surface area contributed by atoms with Crippen molar-refractivity contribution in [2.45, 2.75) is 0 Å². The maximum absolute atomic E-state index is 2.00. The molecule has 12 heavy (non-hydrogen) atoms. The second-order valence-corrected chi connectivity index (χ2v) is 1.92. The normalized spacial score (nSPS) is 6.67. The van der Waals surface area contributed by atoms with Gasteiger partial charge in [0.2, 0.25) is 0 Å². The molecule has 1 radical (unpaired) electrons. The molecule has 0 saturated heterocycles. The SMILES string of the molecule is [Br-].[Cr+3].c1cc[cH-]c1.c1cc[cH-]c1. The molecule has 0 spiro atoms. The summed E-state index contributed by atoms with van der Waals surface area (Å²) in [7, 11) is 0. The summed E-state index contributed by atoms with van der Waals surface area (Å²) in [5, 5.41) is 0. The Morgan fingerprint density at radius 1 is 0.583 bits per heavy atom. The summed E-state index contributed by atoms with van der Waals surface area (Å²) >= 11 is 0. The van der Waals surface area contributed by atoms with Gasteiger partial charge in [0.15, 0.2) is 0 Å². The van der Waals surface area contributed by atoms with Crippen LogP contribution in [0, 0.1) is 0 Å². The largest absolute Gasteiger partial charge is 3.00 e. The third-order valence-corrected chi connectivity index (χ3v) is 1.11. The molecule has 0 bridgehead atoms. The van der Waals surface area contributed by atoms with Gasteiger partial charge in [0.05, 0.1) is 0 Å². The van der Waals surface area contributed by atoms with E-state index < -0.39 is 0 Å². The van der Waals surface area contributed by atoms with Crippen LogP contribution in [0.4, 0.5) is 0 Å². The predicted molar refractivity (Wildman–Crippen MR) is 44.1 cm³/mol. The van der Waals surface area contributed by atoms with E-state index in [-0.39, 0.29) is 34.3 Å². The minimum absolute atomic E-state index is 0. The average Bonchev–Trinajstić information content (AvgIpc) is 2.67. The second kappa shape index (κ2) is 10.7. The van der Waals surface area contributed by atoms with Gasteiger partial charge in [-0.1, -0.05) is 0 Å². The Labute approximate surface area is 94.9 Å². The van der Waals surface area contributed by atoms with E-state index in [0.29, 0.717) is 0 Å². The Morgan fingerprint density at radius 3 is 0.917 bits per heavy atom. The van der Waals surface area contributed by atoms with Gasteiger partial charge in [-0.05, 0) is 0 Å². The molecule has 0 heterocycles. The number of halogens is 1. The average molecular weight is 262 g/mol. The first-order chi connectivity index (χ1) is 5.00. The van der Waals surface area contributed by atoms with Gasteiger partial charge in [0, 0.05) is 0 Å². The van der Waals surface area contributed by atoms with Gasteiger partial charge in [0.1, 0.15) is 0 Å². The molecule has 2 rings (SSSR count). The summed E-state index contributed by atoms with van der Waals surface area (Å²) in [5.41, 5.74) is 0. The van der Waals surface area contributed by atoms with E-state index in [9.17, 15) is 0 Å². The van der Waals surface area contributed by atoms with Crippen LogP contribution in [-0.2, 0) is 17.4 Å². The summed E-state index contributed by atoms with van der Waals surface area (Å²) in [6.45, 7) is 0. The van der Waals surface area contributed by atoms with Crippen molar-refractivity contribution < 1.29 is 34.3 Å². The third kappa shape index (κ3) is 7.82. The first-order valence-electron chi connectivity index (χ1n) is 3.33. The molecule has 2 aromatic carbocycles. The van der Waals surface area contributed by atoms with Crippen LogP contribution >= 0.6 is 0 Å². The Hall–Kier alpha value is -0.288. The molecule has 0 fully saturated rings.